The smallest absolute Gasteiger partial charge is 0.165 e. The SMILES string of the molecule is FC(=CC1(c2ccc(F)cc2F)CC1)Cc1ccc(F)c(Oc2ccccc2)c1. The second-order valence-corrected chi connectivity index (χ2v) is 7.23. The van der Waals surface area contributed by atoms with Crippen molar-refractivity contribution in [2.24, 2.45) is 0 Å². The van der Waals surface area contributed by atoms with Crippen LogP contribution in [0.15, 0.2) is 78.6 Å². The van der Waals surface area contributed by atoms with Gasteiger partial charge in [0, 0.05) is 17.9 Å². The van der Waals surface area contributed by atoms with Crippen molar-refractivity contribution in [1.29, 1.82) is 0 Å². The van der Waals surface area contributed by atoms with E-state index in [0.29, 0.717) is 29.7 Å². The lowest BCUT2D eigenvalue weighted by Gasteiger charge is -2.13. The molecule has 0 aromatic heterocycles. The van der Waals surface area contributed by atoms with Crippen molar-refractivity contribution in [3.05, 3.63) is 107 Å². The number of hydrogen-bond acceptors (Lipinski definition) is 1. The Morgan fingerprint density at radius 2 is 1.66 bits per heavy atom. The van der Waals surface area contributed by atoms with E-state index in [4.69, 9.17) is 4.74 Å². The van der Waals surface area contributed by atoms with Gasteiger partial charge in [-0.05, 0) is 60.4 Å². The summed E-state index contributed by atoms with van der Waals surface area (Å²) in [4.78, 5) is 0. The molecule has 4 rings (SSSR count). The van der Waals surface area contributed by atoms with Gasteiger partial charge in [-0.3, -0.25) is 0 Å². The van der Waals surface area contributed by atoms with Crippen LogP contribution >= 0.6 is 0 Å². The van der Waals surface area contributed by atoms with E-state index in [1.807, 2.05) is 6.07 Å². The minimum atomic E-state index is -0.745. The Balaban J connectivity index is 1.54. The molecule has 1 aliphatic rings. The topological polar surface area (TPSA) is 9.23 Å². The number of allylic oxidation sites excluding steroid dienone is 2. The minimum absolute atomic E-state index is 0.00668. The van der Waals surface area contributed by atoms with Crippen molar-refractivity contribution in [2.45, 2.75) is 24.7 Å². The van der Waals surface area contributed by atoms with Crippen LogP contribution in [0.1, 0.15) is 24.0 Å². The largest absolute Gasteiger partial charge is 0.454 e. The summed E-state index contributed by atoms with van der Waals surface area (Å²) in [5.41, 5.74) is 0.0772. The van der Waals surface area contributed by atoms with E-state index in [2.05, 4.69) is 0 Å². The molecule has 0 amide bonds. The third-order valence-electron chi connectivity index (χ3n) is 5.03. The molecule has 1 fully saturated rings. The van der Waals surface area contributed by atoms with Crippen molar-refractivity contribution in [1.82, 2.24) is 0 Å². The lowest BCUT2D eigenvalue weighted by Crippen LogP contribution is -2.07. The summed E-state index contributed by atoms with van der Waals surface area (Å²) >= 11 is 0. The van der Waals surface area contributed by atoms with Gasteiger partial charge in [-0.25, -0.2) is 17.6 Å². The summed E-state index contributed by atoms with van der Waals surface area (Å²) in [5, 5.41) is 0. The number of halogens is 4. The molecule has 1 aliphatic carbocycles. The van der Waals surface area contributed by atoms with Crippen LogP contribution in [0.2, 0.25) is 0 Å². The Morgan fingerprint density at radius 1 is 0.897 bits per heavy atom. The maximum atomic E-state index is 14.7. The maximum absolute atomic E-state index is 14.7. The van der Waals surface area contributed by atoms with Crippen molar-refractivity contribution >= 4 is 0 Å². The van der Waals surface area contributed by atoms with Gasteiger partial charge in [-0.15, -0.1) is 0 Å². The van der Waals surface area contributed by atoms with E-state index in [1.165, 1.54) is 36.4 Å². The standard InChI is InChI=1S/C24H18F4O/c25-17-7-8-20(22(28)14-17)24(10-11-24)15-18(26)12-16-6-9-21(27)23(13-16)29-19-4-2-1-3-5-19/h1-9,13-15H,10-12H2. The van der Waals surface area contributed by atoms with Crippen LogP contribution in [0, 0.1) is 17.5 Å². The van der Waals surface area contributed by atoms with E-state index < -0.39 is 28.7 Å². The first kappa shape index (κ1) is 19.2. The summed E-state index contributed by atoms with van der Waals surface area (Å²) in [6.45, 7) is 0. The molecule has 0 aliphatic heterocycles. The lowest BCUT2D eigenvalue weighted by atomic mass is 9.93. The average molecular weight is 398 g/mol. The Morgan fingerprint density at radius 3 is 2.34 bits per heavy atom. The third-order valence-corrected chi connectivity index (χ3v) is 5.03. The maximum Gasteiger partial charge on any atom is 0.165 e. The second-order valence-electron chi connectivity index (χ2n) is 7.23. The van der Waals surface area contributed by atoms with Crippen LogP contribution in [0.4, 0.5) is 17.6 Å². The molecule has 5 heteroatoms. The van der Waals surface area contributed by atoms with Gasteiger partial charge in [0.2, 0.25) is 0 Å². The van der Waals surface area contributed by atoms with Gasteiger partial charge in [0.25, 0.3) is 0 Å². The highest BCUT2D eigenvalue weighted by molar-refractivity contribution is 5.41. The van der Waals surface area contributed by atoms with Crippen LogP contribution in [-0.2, 0) is 11.8 Å². The van der Waals surface area contributed by atoms with Crippen LogP contribution in [0.25, 0.3) is 0 Å². The first-order valence-electron chi connectivity index (χ1n) is 9.29. The first-order valence-corrected chi connectivity index (χ1v) is 9.29. The summed E-state index contributed by atoms with van der Waals surface area (Å²) in [6.07, 6.45) is 2.50. The molecule has 0 atom stereocenters. The first-order chi connectivity index (χ1) is 13.9. The third kappa shape index (κ3) is 4.34. The zero-order valence-electron chi connectivity index (χ0n) is 15.5. The molecule has 3 aromatic carbocycles. The molecule has 1 nitrogen and oxygen atoms in total. The van der Waals surface area contributed by atoms with Crippen molar-refractivity contribution < 1.29 is 22.3 Å². The van der Waals surface area contributed by atoms with E-state index in [1.54, 1.807) is 24.3 Å². The number of rotatable bonds is 6. The Bertz CT molecular complexity index is 1060. The summed E-state index contributed by atoms with van der Waals surface area (Å²) in [5.74, 6) is -1.86. The van der Waals surface area contributed by atoms with Crippen molar-refractivity contribution in [3.8, 4) is 11.5 Å². The Kier molecular flexibility index (Phi) is 5.14. The minimum Gasteiger partial charge on any atom is -0.454 e. The van der Waals surface area contributed by atoms with Gasteiger partial charge in [0.1, 0.15) is 23.2 Å². The van der Waals surface area contributed by atoms with Gasteiger partial charge in [0.15, 0.2) is 11.6 Å². The lowest BCUT2D eigenvalue weighted by molar-refractivity contribution is 0.441. The van der Waals surface area contributed by atoms with Gasteiger partial charge in [-0.1, -0.05) is 30.3 Å². The molecule has 0 spiro atoms. The van der Waals surface area contributed by atoms with Crippen LogP contribution in [-0.4, -0.2) is 0 Å². The van der Waals surface area contributed by atoms with Gasteiger partial charge < -0.3 is 4.74 Å². The molecule has 0 bridgehead atoms. The zero-order valence-corrected chi connectivity index (χ0v) is 15.5. The monoisotopic (exact) mass is 398 g/mol. The molecule has 0 N–H and O–H groups in total. The normalized spacial score (nSPS) is 15.2. The molecule has 0 saturated heterocycles. The van der Waals surface area contributed by atoms with E-state index >= 15 is 0 Å². The average Bonchev–Trinajstić information content (AvgIpc) is 3.45. The van der Waals surface area contributed by atoms with E-state index in [-0.39, 0.29) is 12.2 Å². The fourth-order valence-electron chi connectivity index (χ4n) is 3.42. The molecular weight excluding hydrogens is 380 g/mol. The number of para-hydroxylation sites is 1. The number of benzene rings is 3. The zero-order chi connectivity index (χ0) is 20.4. The van der Waals surface area contributed by atoms with Gasteiger partial charge in [0.05, 0.1) is 0 Å². The molecular formula is C24H18F4O. The molecule has 0 heterocycles. The molecule has 1 saturated carbocycles. The van der Waals surface area contributed by atoms with Crippen molar-refractivity contribution in [2.75, 3.05) is 0 Å². The molecule has 0 unspecified atom stereocenters. The van der Waals surface area contributed by atoms with Crippen LogP contribution in [0.5, 0.6) is 11.5 Å². The Hall–Kier alpha value is -3.08. The second kappa shape index (κ2) is 7.74. The van der Waals surface area contributed by atoms with Crippen LogP contribution < -0.4 is 4.74 Å². The molecule has 148 valence electrons. The number of ether oxygens (including phenoxy) is 1. The number of hydrogen-bond donors (Lipinski definition) is 0. The van der Waals surface area contributed by atoms with Gasteiger partial charge in [-0.2, -0.15) is 0 Å². The molecule has 29 heavy (non-hydrogen) atoms. The highest BCUT2D eigenvalue weighted by Gasteiger charge is 2.44. The van der Waals surface area contributed by atoms with Crippen molar-refractivity contribution in [3.63, 3.8) is 0 Å². The highest BCUT2D eigenvalue weighted by atomic mass is 19.1. The molecule has 0 radical (unpaired) electrons. The Labute approximate surface area is 166 Å². The predicted molar refractivity (Wildman–Crippen MR) is 103 cm³/mol. The molecule has 3 aromatic rings. The van der Waals surface area contributed by atoms with E-state index in [0.717, 1.165) is 6.07 Å². The summed E-state index contributed by atoms with van der Waals surface area (Å²) in [6, 6.07) is 16.3. The summed E-state index contributed by atoms with van der Waals surface area (Å²) < 4.78 is 61.6. The predicted octanol–water partition coefficient (Wildman–Crippen LogP) is 7.02. The van der Waals surface area contributed by atoms with E-state index in [9.17, 15) is 17.6 Å². The fraction of sp³-hybridized carbons (Fsp3) is 0.167. The fourth-order valence-corrected chi connectivity index (χ4v) is 3.42. The van der Waals surface area contributed by atoms with Gasteiger partial charge >= 0.3 is 0 Å². The quantitative estimate of drug-likeness (QED) is 0.405. The highest BCUT2D eigenvalue weighted by Crippen LogP contribution is 2.51. The van der Waals surface area contributed by atoms with Crippen LogP contribution in [0.3, 0.4) is 0 Å². The summed E-state index contributed by atoms with van der Waals surface area (Å²) in [7, 11) is 0.